The molecule has 2 rings (SSSR count). The Balaban J connectivity index is 2.52. The molecule has 88 valence electrons. The minimum absolute atomic E-state index is 0.173. The lowest BCUT2D eigenvalue weighted by Gasteiger charge is -2.03. The molecule has 0 aliphatic rings. The molecule has 0 aliphatic carbocycles. The fraction of sp³-hybridized carbons (Fsp3) is 0. The molecule has 0 bridgehead atoms. The van der Waals surface area contributed by atoms with Crippen LogP contribution in [0.4, 0.5) is 8.78 Å². The number of hydrogen-bond donors (Lipinski definition) is 0. The SMILES string of the molecule is O=C(c1cc(F)c(Cl)cc1F)c1sccc1Cl. The summed E-state index contributed by atoms with van der Waals surface area (Å²) >= 11 is 12.2. The lowest BCUT2D eigenvalue weighted by atomic mass is 10.1. The Morgan fingerprint density at radius 2 is 1.82 bits per heavy atom. The number of benzene rings is 1. The smallest absolute Gasteiger partial charge is 0.207 e. The predicted molar refractivity (Wildman–Crippen MR) is 64.1 cm³/mol. The van der Waals surface area contributed by atoms with E-state index in [2.05, 4.69) is 0 Å². The maximum absolute atomic E-state index is 13.5. The number of carbonyl (C=O) groups is 1. The van der Waals surface area contributed by atoms with E-state index in [9.17, 15) is 13.6 Å². The molecule has 0 atom stereocenters. The zero-order chi connectivity index (χ0) is 12.6. The van der Waals surface area contributed by atoms with Crippen molar-refractivity contribution in [2.24, 2.45) is 0 Å². The minimum Gasteiger partial charge on any atom is -0.288 e. The monoisotopic (exact) mass is 292 g/mol. The molecule has 1 nitrogen and oxygen atoms in total. The molecule has 0 aliphatic heterocycles. The van der Waals surface area contributed by atoms with Gasteiger partial charge in [0.1, 0.15) is 11.6 Å². The molecule has 0 spiro atoms. The van der Waals surface area contributed by atoms with Crippen molar-refractivity contribution >= 4 is 40.3 Å². The molecule has 0 unspecified atom stereocenters. The van der Waals surface area contributed by atoms with Gasteiger partial charge in [0.2, 0.25) is 5.78 Å². The Kier molecular flexibility index (Phi) is 3.47. The van der Waals surface area contributed by atoms with E-state index in [0.29, 0.717) is 0 Å². The third-order valence-electron chi connectivity index (χ3n) is 2.08. The summed E-state index contributed by atoms with van der Waals surface area (Å²) in [6.07, 6.45) is 0. The normalized spacial score (nSPS) is 10.6. The van der Waals surface area contributed by atoms with E-state index in [-0.39, 0.29) is 20.5 Å². The molecule has 1 aromatic carbocycles. The van der Waals surface area contributed by atoms with Gasteiger partial charge in [0.25, 0.3) is 0 Å². The van der Waals surface area contributed by atoms with Crippen molar-refractivity contribution in [3.8, 4) is 0 Å². The molecule has 1 aromatic heterocycles. The van der Waals surface area contributed by atoms with Crippen LogP contribution < -0.4 is 0 Å². The number of halogens is 4. The summed E-state index contributed by atoms with van der Waals surface area (Å²) in [5.41, 5.74) is -0.378. The first-order chi connectivity index (χ1) is 8.00. The van der Waals surface area contributed by atoms with Gasteiger partial charge in [0.05, 0.1) is 20.5 Å². The van der Waals surface area contributed by atoms with Gasteiger partial charge in [-0.2, -0.15) is 0 Å². The lowest BCUT2D eigenvalue weighted by Crippen LogP contribution is -2.04. The first-order valence-electron chi connectivity index (χ1n) is 4.43. The van der Waals surface area contributed by atoms with E-state index in [1.54, 1.807) is 5.38 Å². The number of thiophene rings is 1. The van der Waals surface area contributed by atoms with Crippen molar-refractivity contribution < 1.29 is 13.6 Å². The summed E-state index contributed by atoms with van der Waals surface area (Å²) in [7, 11) is 0. The van der Waals surface area contributed by atoms with E-state index < -0.39 is 17.4 Å². The second-order valence-corrected chi connectivity index (χ2v) is 4.90. The van der Waals surface area contributed by atoms with E-state index >= 15 is 0 Å². The fourth-order valence-corrected chi connectivity index (χ4v) is 2.52. The highest BCUT2D eigenvalue weighted by molar-refractivity contribution is 7.13. The van der Waals surface area contributed by atoms with Crippen LogP contribution in [-0.4, -0.2) is 5.78 Å². The molecule has 17 heavy (non-hydrogen) atoms. The number of ketones is 1. The highest BCUT2D eigenvalue weighted by Gasteiger charge is 2.20. The average molecular weight is 293 g/mol. The summed E-state index contributed by atoms with van der Waals surface area (Å²) in [5.74, 6) is -2.37. The van der Waals surface area contributed by atoms with Gasteiger partial charge < -0.3 is 0 Å². The van der Waals surface area contributed by atoms with Gasteiger partial charge in [-0.1, -0.05) is 23.2 Å². The van der Waals surface area contributed by atoms with Crippen LogP contribution in [0.25, 0.3) is 0 Å². The fourth-order valence-electron chi connectivity index (χ4n) is 1.27. The van der Waals surface area contributed by atoms with Gasteiger partial charge in [-0.25, -0.2) is 8.78 Å². The second kappa shape index (κ2) is 4.72. The summed E-state index contributed by atoms with van der Waals surface area (Å²) in [6, 6.07) is 3.06. The van der Waals surface area contributed by atoms with Crippen LogP contribution in [0.15, 0.2) is 23.6 Å². The molecule has 6 heteroatoms. The van der Waals surface area contributed by atoms with Gasteiger partial charge in [-0.3, -0.25) is 4.79 Å². The quantitative estimate of drug-likeness (QED) is 0.586. The maximum Gasteiger partial charge on any atom is 0.207 e. The van der Waals surface area contributed by atoms with E-state index in [0.717, 1.165) is 23.5 Å². The van der Waals surface area contributed by atoms with E-state index in [4.69, 9.17) is 23.2 Å². The Bertz CT molecular complexity index is 595. The summed E-state index contributed by atoms with van der Waals surface area (Å²) < 4.78 is 26.7. The first kappa shape index (κ1) is 12.5. The Morgan fingerprint density at radius 3 is 2.41 bits per heavy atom. The number of rotatable bonds is 2. The number of carbonyl (C=O) groups excluding carboxylic acids is 1. The predicted octanol–water partition coefficient (Wildman–Crippen LogP) is 4.56. The zero-order valence-electron chi connectivity index (χ0n) is 8.14. The van der Waals surface area contributed by atoms with Gasteiger partial charge in [0, 0.05) is 0 Å². The Morgan fingerprint density at radius 1 is 1.12 bits per heavy atom. The molecular formula is C11H4Cl2F2OS. The Hall–Kier alpha value is -0.970. The zero-order valence-corrected chi connectivity index (χ0v) is 10.5. The van der Waals surface area contributed by atoms with Crippen molar-refractivity contribution in [2.45, 2.75) is 0 Å². The maximum atomic E-state index is 13.5. The first-order valence-corrected chi connectivity index (χ1v) is 6.06. The van der Waals surface area contributed by atoms with Crippen LogP contribution in [0.3, 0.4) is 0 Å². The van der Waals surface area contributed by atoms with Gasteiger partial charge in [0.15, 0.2) is 0 Å². The average Bonchev–Trinajstić information content (AvgIpc) is 2.69. The van der Waals surface area contributed by atoms with Crippen LogP contribution in [0.5, 0.6) is 0 Å². The molecular weight excluding hydrogens is 289 g/mol. The standard InChI is InChI=1S/C11H4Cl2F2OS/c12-6-1-2-17-11(6)10(16)5-3-9(15)7(13)4-8(5)14/h1-4H. The molecule has 0 amide bonds. The van der Waals surface area contributed by atoms with Crippen LogP contribution >= 0.6 is 34.5 Å². The highest BCUT2D eigenvalue weighted by Crippen LogP contribution is 2.27. The van der Waals surface area contributed by atoms with E-state index in [1.165, 1.54) is 6.07 Å². The molecule has 0 saturated carbocycles. The van der Waals surface area contributed by atoms with Crippen molar-refractivity contribution in [1.29, 1.82) is 0 Å². The van der Waals surface area contributed by atoms with Gasteiger partial charge >= 0.3 is 0 Å². The molecule has 0 fully saturated rings. The molecule has 2 aromatic rings. The largest absolute Gasteiger partial charge is 0.288 e. The van der Waals surface area contributed by atoms with Crippen LogP contribution in [0.2, 0.25) is 10.0 Å². The summed E-state index contributed by atoms with van der Waals surface area (Å²) in [4.78, 5) is 12.1. The van der Waals surface area contributed by atoms with Gasteiger partial charge in [-0.05, 0) is 23.6 Å². The Labute approximate surface area is 110 Å². The van der Waals surface area contributed by atoms with Crippen molar-refractivity contribution in [1.82, 2.24) is 0 Å². The number of hydrogen-bond acceptors (Lipinski definition) is 2. The van der Waals surface area contributed by atoms with Gasteiger partial charge in [-0.15, -0.1) is 11.3 Å². The second-order valence-electron chi connectivity index (χ2n) is 3.17. The topological polar surface area (TPSA) is 17.1 Å². The van der Waals surface area contributed by atoms with Crippen molar-refractivity contribution in [3.05, 3.63) is 55.7 Å². The van der Waals surface area contributed by atoms with Crippen LogP contribution in [0.1, 0.15) is 15.2 Å². The van der Waals surface area contributed by atoms with Crippen molar-refractivity contribution in [2.75, 3.05) is 0 Å². The lowest BCUT2D eigenvalue weighted by molar-refractivity contribution is 0.103. The van der Waals surface area contributed by atoms with Crippen molar-refractivity contribution in [3.63, 3.8) is 0 Å². The third kappa shape index (κ3) is 2.34. The minimum atomic E-state index is -0.870. The highest BCUT2D eigenvalue weighted by atomic mass is 35.5. The third-order valence-corrected chi connectivity index (χ3v) is 3.71. The molecule has 1 heterocycles. The summed E-state index contributed by atoms with van der Waals surface area (Å²) in [5, 5.41) is 1.45. The molecule has 0 N–H and O–H groups in total. The van der Waals surface area contributed by atoms with E-state index in [1.807, 2.05) is 0 Å². The van der Waals surface area contributed by atoms with Crippen LogP contribution in [0, 0.1) is 11.6 Å². The van der Waals surface area contributed by atoms with Crippen LogP contribution in [-0.2, 0) is 0 Å². The molecule has 0 saturated heterocycles. The summed E-state index contributed by atoms with van der Waals surface area (Å²) in [6.45, 7) is 0. The molecule has 0 radical (unpaired) electrons.